The van der Waals surface area contributed by atoms with E-state index in [1.807, 2.05) is 0 Å². The summed E-state index contributed by atoms with van der Waals surface area (Å²) in [5.74, 6) is -1.86. The smallest absolute Gasteiger partial charge is 0.159 e. The summed E-state index contributed by atoms with van der Waals surface area (Å²) < 4.78 is 25.8. The van der Waals surface area contributed by atoms with Crippen molar-refractivity contribution in [1.29, 1.82) is 0 Å². The van der Waals surface area contributed by atoms with Crippen LogP contribution in [0.15, 0.2) is 18.2 Å². The molecule has 1 aliphatic rings. The van der Waals surface area contributed by atoms with Crippen molar-refractivity contribution in [2.75, 3.05) is 0 Å². The molecule has 1 fully saturated rings. The molecule has 0 unspecified atom stereocenters. The second kappa shape index (κ2) is 4.11. The Balaban J connectivity index is 2.25. The zero-order valence-electron chi connectivity index (χ0n) is 8.79. The maximum atomic E-state index is 13.0. The highest BCUT2D eigenvalue weighted by atomic mass is 19.2. The van der Waals surface area contributed by atoms with Gasteiger partial charge in [0.2, 0.25) is 0 Å². The quantitative estimate of drug-likeness (QED) is 0.772. The van der Waals surface area contributed by atoms with Crippen LogP contribution < -0.4 is 0 Å². The van der Waals surface area contributed by atoms with Gasteiger partial charge in [0.05, 0.1) is 11.7 Å². The molecule has 0 aliphatic heterocycles. The Hall–Kier alpha value is -1.00. The van der Waals surface area contributed by atoms with Crippen LogP contribution in [0.2, 0.25) is 0 Å². The molecule has 0 spiro atoms. The monoisotopic (exact) mass is 228 g/mol. The van der Waals surface area contributed by atoms with E-state index in [0.29, 0.717) is 31.2 Å². The van der Waals surface area contributed by atoms with E-state index in [2.05, 4.69) is 0 Å². The third kappa shape index (κ3) is 2.08. The fourth-order valence-electron chi connectivity index (χ4n) is 2.15. The highest BCUT2D eigenvalue weighted by molar-refractivity contribution is 5.24. The first-order valence-corrected chi connectivity index (χ1v) is 5.37. The van der Waals surface area contributed by atoms with Crippen molar-refractivity contribution < 1.29 is 19.0 Å². The van der Waals surface area contributed by atoms with Crippen molar-refractivity contribution in [3.05, 3.63) is 35.4 Å². The topological polar surface area (TPSA) is 40.5 Å². The van der Waals surface area contributed by atoms with E-state index in [-0.39, 0.29) is 0 Å². The molecule has 1 saturated carbocycles. The Bertz CT molecular complexity index is 385. The summed E-state index contributed by atoms with van der Waals surface area (Å²) in [7, 11) is 0. The third-order valence-electron chi connectivity index (χ3n) is 3.24. The van der Waals surface area contributed by atoms with E-state index in [9.17, 15) is 19.0 Å². The third-order valence-corrected chi connectivity index (χ3v) is 3.24. The second-order valence-electron chi connectivity index (χ2n) is 4.39. The molecule has 0 atom stereocenters. The fraction of sp³-hybridized carbons (Fsp3) is 0.500. The van der Waals surface area contributed by atoms with Crippen LogP contribution in [0, 0.1) is 11.6 Å². The molecule has 2 rings (SSSR count). The van der Waals surface area contributed by atoms with Crippen LogP contribution in [0.25, 0.3) is 0 Å². The summed E-state index contributed by atoms with van der Waals surface area (Å²) in [4.78, 5) is 0. The lowest BCUT2D eigenvalue weighted by Gasteiger charge is -2.34. The Kier molecular flexibility index (Phi) is 2.95. The van der Waals surface area contributed by atoms with Gasteiger partial charge in [-0.25, -0.2) is 8.78 Å². The highest BCUT2D eigenvalue weighted by Crippen LogP contribution is 2.37. The summed E-state index contributed by atoms with van der Waals surface area (Å²) in [6.45, 7) is 0. The van der Waals surface area contributed by atoms with Crippen molar-refractivity contribution >= 4 is 0 Å². The molecule has 2 nitrogen and oxygen atoms in total. The molecule has 2 N–H and O–H groups in total. The summed E-state index contributed by atoms with van der Waals surface area (Å²) >= 11 is 0. The lowest BCUT2D eigenvalue weighted by molar-refractivity contribution is -0.0363. The molecule has 0 aromatic heterocycles. The van der Waals surface area contributed by atoms with E-state index >= 15 is 0 Å². The Labute approximate surface area is 92.5 Å². The van der Waals surface area contributed by atoms with Gasteiger partial charge in [-0.15, -0.1) is 0 Å². The maximum absolute atomic E-state index is 13.0. The minimum Gasteiger partial charge on any atom is -0.393 e. The van der Waals surface area contributed by atoms with E-state index < -0.39 is 23.3 Å². The zero-order valence-corrected chi connectivity index (χ0v) is 8.79. The van der Waals surface area contributed by atoms with Crippen LogP contribution in [-0.2, 0) is 5.60 Å². The average Bonchev–Trinajstić information content (AvgIpc) is 2.26. The Morgan fingerprint density at radius 3 is 2.31 bits per heavy atom. The van der Waals surface area contributed by atoms with Gasteiger partial charge in [0.15, 0.2) is 11.6 Å². The fourth-order valence-corrected chi connectivity index (χ4v) is 2.15. The van der Waals surface area contributed by atoms with Gasteiger partial charge in [0.25, 0.3) is 0 Å². The molecule has 16 heavy (non-hydrogen) atoms. The number of aliphatic hydroxyl groups is 2. The Morgan fingerprint density at radius 2 is 1.75 bits per heavy atom. The van der Waals surface area contributed by atoms with Gasteiger partial charge in [-0.1, -0.05) is 6.07 Å². The maximum Gasteiger partial charge on any atom is 0.159 e. The first-order valence-electron chi connectivity index (χ1n) is 5.37. The highest BCUT2D eigenvalue weighted by Gasteiger charge is 2.34. The number of rotatable bonds is 1. The SMILES string of the molecule is O[C@H]1CC[C@](O)(c2ccc(F)c(F)c2)CC1. The normalized spacial score (nSPS) is 30.4. The molecule has 0 radical (unpaired) electrons. The van der Waals surface area contributed by atoms with Crippen molar-refractivity contribution in [3.63, 3.8) is 0 Å². The lowest BCUT2D eigenvalue weighted by atomic mass is 9.78. The summed E-state index contributed by atoms with van der Waals surface area (Å²) in [5.41, 5.74) is -0.744. The second-order valence-corrected chi connectivity index (χ2v) is 4.39. The first kappa shape index (κ1) is 11.5. The molecular weight excluding hydrogens is 214 g/mol. The molecular formula is C12H14F2O2. The number of hydrogen-bond donors (Lipinski definition) is 2. The molecule has 88 valence electrons. The summed E-state index contributed by atoms with van der Waals surface area (Å²) in [5, 5.41) is 19.6. The molecule has 0 heterocycles. The zero-order chi connectivity index (χ0) is 11.8. The molecule has 1 aromatic rings. The first-order chi connectivity index (χ1) is 7.51. The van der Waals surface area contributed by atoms with Gasteiger partial charge >= 0.3 is 0 Å². The predicted octanol–water partition coefficient (Wildman–Crippen LogP) is 2.09. The van der Waals surface area contributed by atoms with Gasteiger partial charge in [0.1, 0.15) is 0 Å². The predicted molar refractivity (Wildman–Crippen MR) is 54.7 cm³/mol. The van der Waals surface area contributed by atoms with Crippen molar-refractivity contribution in [1.82, 2.24) is 0 Å². The van der Waals surface area contributed by atoms with Crippen LogP contribution in [0.5, 0.6) is 0 Å². The van der Waals surface area contributed by atoms with Crippen LogP contribution in [0.1, 0.15) is 31.2 Å². The van der Waals surface area contributed by atoms with Crippen molar-refractivity contribution in [2.24, 2.45) is 0 Å². The van der Waals surface area contributed by atoms with E-state index in [4.69, 9.17) is 0 Å². The van der Waals surface area contributed by atoms with E-state index in [1.54, 1.807) is 0 Å². The standard InChI is InChI=1S/C12H14F2O2/c13-10-2-1-8(7-11(10)14)12(16)5-3-9(15)4-6-12/h1-2,7,9,15-16H,3-6H2/t9-,12+. The molecule has 4 heteroatoms. The average molecular weight is 228 g/mol. The summed E-state index contributed by atoms with van der Waals surface area (Å²) in [6.07, 6.45) is 1.31. The Morgan fingerprint density at radius 1 is 1.12 bits per heavy atom. The molecule has 1 aliphatic carbocycles. The largest absolute Gasteiger partial charge is 0.393 e. The minimum absolute atomic E-state index is 0.374. The van der Waals surface area contributed by atoms with Crippen molar-refractivity contribution in [3.8, 4) is 0 Å². The van der Waals surface area contributed by atoms with Crippen LogP contribution in [0.3, 0.4) is 0 Å². The molecule has 1 aromatic carbocycles. The number of halogens is 2. The number of hydrogen-bond acceptors (Lipinski definition) is 2. The van der Waals surface area contributed by atoms with E-state index in [1.165, 1.54) is 6.07 Å². The van der Waals surface area contributed by atoms with Gasteiger partial charge < -0.3 is 10.2 Å². The van der Waals surface area contributed by atoms with Crippen LogP contribution in [-0.4, -0.2) is 16.3 Å². The van der Waals surface area contributed by atoms with Gasteiger partial charge in [0, 0.05) is 0 Å². The van der Waals surface area contributed by atoms with Crippen LogP contribution in [0.4, 0.5) is 8.78 Å². The summed E-state index contributed by atoms with van der Waals surface area (Å²) in [6, 6.07) is 3.46. The minimum atomic E-state index is -1.13. The van der Waals surface area contributed by atoms with Crippen LogP contribution >= 0.6 is 0 Å². The van der Waals surface area contributed by atoms with Gasteiger partial charge in [-0.3, -0.25) is 0 Å². The molecule has 0 saturated heterocycles. The lowest BCUT2D eigenvalue weighted by Crippen LogP contribution is -2.33. The van der Waals surface area contributed by atoms with Gasteiger partial charge in [-0.05, 0) is 43.4 Å². The van der Waals surface area contributed by atoms with Crippen molar-refractivity contribution in [2.45, 2.75) is 37.4 Å². The van der Waals surface area contributed by atoms with Gasteiger partial charge in [-0.2, -0.15) is 0 Å². The van der Waals surface area contributed by atoms with E-state index in [0.717, 1.165) is 12.1 Å². The molecule has 0 amide bonds. The number of benzene rings is 1. The molecule has 0 bridgehead atoms. The number of aliphatic hydroxyl groups excluding tert-OH is 1.